The Balaban J connectivity index is 2.56. The Morgan fingerprint density at radius 1 is 1.78 bits per heavy atom. The third-order valence-corrected chi connectivity index (χ3v) is 2.56. The first-order valence-corrected chi connectivity index (χ1v) is 3.59. The molecular weight excluding hydrogens is 114 g/mol. The van der Waals surface area contributed by atoms with Gasteiger partial charge in [0.15, 0.2) is 0 Å². The molecule has 1 aliphatic rings. The topological polar surface area (TPSA) is 46.2 Å². The van der Waals surface area contributed by atoms with Gasteiger partial charge in [0, 0.05) is 5.54 Å². The van der Waals surface area contributed by atoms with Crippen LogP contribution in [0.3, 0.4) is 0 Å². The van der Waals surface area contributed by atoms with Gasteiger partial charge in [0.1, 0.15) is 0 Å². The second kappa shape index (κ2) is 2.27. The van der Waals surface area contributed by atoms with Crippen LogP contribution in [0, 0.1) is 5.92 Å². The summed E-state index contributed by atoms with van der Waals surface area (Å²) in [4.78, 5) is 0. The SMILES string of the molecule is CC1CCCC1(N)CO. The molecule has 0 aliphatic heterocycles. The van der Waals surface area contributed by atoms with Gasteiger partial charge < -0.3 is 10.8 Å². The summed E-state index contributed by atoms with van der Waals surface area (Å²) in [5.41, 5.74) is 5.60. The first-order chi connectivity index (χ1) is 4.19. The van der Waals surface area contributed by atoms with Crippen molar-refractivity contribution in [3.05, 3.63) is 0 Å². The molecule has 3 N–H and O–H groups in total. The molecule has 0 saturated heterocycles. The standard InChI is InChI=1S/C7H15NO/c1-6-3-2-4-7(6,8)5-9/h6,9H,2-5,8H2,1H3. The number of hydrogen-bond acceptors (Lipinski definition) is 2. The molecule has 1 saturated carbocycles. The van der Waals surface area contributed by atoms with Crippen molar-refractivity contribution in [1.82, 2.24) is 0 Å². The fraction of sp³-hybridized carbons (Fsp3) is 1.00. The Bertz CT molecular complexity index is 105. The summed E-state index contributed by atoms with van der Waals surface area (Å²) in [6.07, 6.45) is 3.35. The maximum absolute atomic E-state index is 8.87. The van der Waals surface area contributed by atoms with Crippen molar-refractivity contribution in [2.75, 3.05) is 6.61 Å². The number of hydrogen-bond donors (Lipinski definition) is 2. The van der Waals surface area contributed by atoms with Gasteiger partial charge in [0.05, 0.1) is 6.61 Å². The lowest BCUT2D eigenvalue weighted by atomic mass is 9.91. The molecule has 9 heavy (non-hydrogen) atoms. The third kappa shape index (κ3) is 1.10. The van der Waals surface area contributed by atoms with Gasteiger partial charge in [-0.05, 0) is 18.8 Å². The van der Waals surface area contributed by atoms with Crippen LogP contribution in [0.5, 0.6) is 0 Å². The van der Waals surface area contributed by atoms with Crippen molar-refractivity contribution >= 4 is 0 Å². The Morgan fingerprint density at radius 3 is 2.67 bits per heavy atom. The van der Waals surface area contributed by atoms with E-state index >= 15 is 0 Å². The van der Waals surface area contributed by atoms with Gasteiger partial charge in [0.25, 0.3) is 0 Å². The molecule has 1 rings (SSSR count). The van der Waals surface area contributed by atoms with Crippen LogP contribution in [-0.4, -0.2) is 17.3 Å². The van der Waals surface area contributed by atoms with Crippen LogP contribution in [-0.2, 0) is 0 Å². The molecule has 1 fully saturated rings. The summed E-state index contributed by atoms with van der Waals surface area (Å²) in [5.74, 6) is 0.502. The summed E-state index contributed by atoms with van der Waals surface area (Å²) < 4.78 is 0. The molecule has 0 aromatic rings. The first-order valence-electron chi connectivity index (χ1n) is 3.59. The number of aliphatic hydroxyl groups is 1. The highest BCUT2D eigenvalue weighted by Gasteiger charge is 2.35. The van der Waals surface area contributed by atoms with E-state index in [9.17, 15) is 0 Å². The summed E-state index contributed by atoms with van der Waals surface area (Å²) in [6.45, 7) is 2.26. The van der Waals surface area contributed by atoms with E-state index in [-0.39, 0.29) is 12.1 Å². The molecule has 2 heteroatoms. The van der Waals surface area contributed by atoms with Crippen molar-refractivity contribution in [2.45, 2.75) is 31.7 Å². The van der Waals surface area contributed by atoms with E-state index < -0.39 is 0 Å². The smallest absolute Gasteiger partial charge is 0.0613 e. The minimum atomic E-state index is -0.250. The molecule has 2 atom stereocenters. The lowest BCUT2D eigenvalue weighted by Crippen LogP contribution is -2.45. The zero-order valence-electron chi connectivity index (χ0n) is 5.93. The zero-order chi connectivity index (χ0) is 6.91. The van der Waals surface area contributed by atoms with E-state index in [4.69, 9.17) is 10.8 Å². The van der Waals surface area contributed by atoms with Gasteiger partial charge >= 0.3 is 0 Å². The summed E-state index contributed by atoms with van der Waals surface area (Å²) in [6, 6.07) is 0. The fourth-order valence-electron chi connectivity index (χ4n) is 1.51. The molecule has 1 aliphatic carbocycles. The van der Waals surface area contributed by atoms with Gasteiger partial charge in [-0.15, -0.1) is 0 Å². The second-order valence-electron chi connectivity index (χ2n) is 3.18. The molecule has 54 valence electrons. The van der Waals surface area contributed by atoms with Crippen LogP contribution in [0.25, 0.3) is 0 Å². The summed E-state index contributed by atoms with van der Waals surface area (Å²) >= 11 is 0. The zero-order valence-corrected chi connectivity index (χ0v) is 5.93. The molecule has 0 bridgehead atoms. The van der Waals surface area contributed by atoms with Crippen molar-refractivity contribution in [3.63, 3.8) is 0 Å². The van der Waals surface area contributed by atoms with Crippen molar-refractivity contribution < 1.29 is 5.11 Å². The van der Waals surface area contributed by atoms with E-state index in [1.807, 2.05) is 0 Å². The Labute approximate surface area is 56.1 Å². The van der Waals surface area contributed by atoms with Crippen LogP contribution in [0.15, 0.2) is 0 Å². The quantitative estimate of drug-likeness (QED) is 0.541. The van der Waals surface area contributed by atoms with Crippen LogP contribution in [0.4, 0.5) is 0 Å². The maximum atomic E-state index is 8.87. The highest BCUT2D eigenvalue weighted by Crippen LogP contribution is 2.32. The number of nitrogens with two attached hydrogens (primary N) is 1. The lowest BCUT2D eigenvalue weighted by molar-refractivity contribution is 0.167. The van der Waals surface area contributed by atoms with E-state index in [1.54, 1.807) is 0 Å². The van der Waals surface area contributed by atoms with Crippen LogP contribution < -0.4 is 5.73 Å². The Hall–Kier alpha value is -0.0800. The minimum Gasteiger partial charge on any atom is -0.394 e. The minimum absolute atomic E-state index is 0.147. The van der Waals surface area contributed by atoms with E-state index in [2.05, 4.69) is 6.92 Å². The van der Waals surface area contributed by atoms with E-state index in [1.165, 1.54) is 12.8 Å². The Kier molecular flexibility index (Phi) is 1.78. The highest BCUT2D eigenvalue weighted by atomic mass is 16.3. The normalized spacial score (nSPS) is 43.7. The molecule has 0 heterocycles. The number of rotatable bonds is 1. The molecule has 0 amide bonds. The van der Waals surface area contributed by atoms with E-state index in [0.717, 1.165) is 6.42 Å². The average Bonchev–Trinajstić information content (AvgIpc) is 2.15. The molecule has 0 radical (unpaired) electrons. The molecule has 2 unspecified atom stereocenters. The third-order valence-electron chi connectivity index (χ3n) is 2.56. The highest BCUT2D eigenvalue weighted by molar-refractivity contribution is 4.93. The molecule has 2 nitrogen and oxygen atoms in total. The lowest BCUT2D eigenvalue weighted by Gasteiger charge is -2.25. The predicted octanol–water partition coefficient (Wildman–Crippen LogP) is 0.496. The maximum Gasteiger partial charge on any atom is 0.0613 e. The summed E-state index contributed by atoms with van der Waals surface area (Å²) in [7, 11) is 0. The fourth-order valence-corrected chi connectivity index (χ4v) is 1.51. The van der Waals surface area contributed by atoms with Gasteiger partial charge in [-0.3, -0.25) is 0 Å². The Morgan fingerprint density at radius 2 is 2.44 bits per heavy atom. The van der Waals surface area contributed by atoms with Gasteiger partial charge in [-0.25, -0.2) is 0 Å². The van der Waals surface area contributed by atoms with E-state index in [0.29, 0.717) is 5.92 Å². The molecule has 0 spiro atoms. The largest absolute Gasteiger partial charge is 0.394 e. The van der Waals surface area contributed by atoms with Crippen LogP contribution in [0.2, 0.25) is 0 Å². The second-order valence-corrected chi connectivity index (χ2v) is 3.18. The van der Waals surface area contributed by atoms with Gasteiger partial charge in [-0.1, -0.05) is 13.3 Å². The van der Waals surface area contributed by atoms with Gasteiger partial charge in [0.2, 0.25) is 0 Å². The van der Waals surface area contributed by atoms with Crippen molar-refractivity contribution in [2.24, 2.45) is 11.7 Å². The van der Waals surface area contributed by atoms with Crippen LogP contribution in [0.1, 0.15) is 26.2 Å². The number of aliphatic hydroxyl groups excluding tert-OH is 1. The molecule has 0 aromatic carbocycles. The average molecular weight is 129 g/mol. The van der Waals surface area contributed by atoms with Crippen molar-refractivity contribution in [1.29, 1.82) is 0 Å². The van der Waals surface area contributed by atoms with Crippen molar-refractivity contribution in [3.8, 4) is 0 Å². The van der Waals surface area contributed by atoms with Gasteiger partial charge in [-0.2, -0.15) is 0 Å². The van der Waals surface area contributed by atoms with Crippen LogP contribution >= 0.6 is 0 Å². The monoisotopic (exact) mass is 129 g/mol. The summed E-state index contributed by atoms with van der Waals surface area (Å²) in [5, 5.41) is 8.87. The molecule has 0 aromatic heterocycles. The molecular formula is C7H15NO. The predicted molar refractivity (Wildman–Crippen MR) is 37.0 cm³/mol. The first kappa shape index (κ1) is 7.03.